The summed E-state index contributed by atoms with van der Waals surface area (Å²) in [4.78, 5) is 13.8. The van der Waals surface area contributed by atoms with Gasteiger partial charge in [0.1, 0.15) is 16.7 Å². The maximum absolute atomic E-state index is 11.7. The molecule has 0 aliphatic rings. The molecule has 21 heavy (non-hydrogen) atoms. The minimum absolute atomic E-state index is 0.0221. The van der Waals surface area contributed by atoms with E-state index in [1.807, 2.05) is 30.3 Å². The molecule has 1 amide bonds. The van der Waals surface area contributed by atoms with Crippen molar-refractivity contribution in [1.29, 1.82) is 0 Å². The molecular weight excluding hydrogens is 304 g/mol. The Morgan fingerprint density at radius 1 is 1.29 bits per heavy atom. The number of rotatable bonds is 8. The first-order valence-corrected chi connectivity index (χ1v) is 8.43. The molecule has 0 aliphatic carbocycles. The van der Waals surface area contributed by atoms with E-state index in [4.69, 9.17) is 17.0 Å². The molecule has 0 spiro atoms. The van der Waals surface area contributed by atoms with Crippen molar-refractivity contribution < 1.29 is 9.53 Å². The molecule has 4 nitrogen and oxygen atoms in total. The molecular formula is C15H22N2O2S2. The van der Waals surface area contributed by atoms with Gasteiger partial charge in [0.05, 0.1) is 12.3 Å². The first-order valence-electron chi connectivity index (χ1n) is 7.03. The summed E-state index contributed by atoms with van der Waals surface area (Å²) in [5.74, 6) is 1.13. The van der Waals surface area contributed by atoms with Gasteiger partial charge in [-0.15, -0.1) is 0 Å². The molecule has 1 rings (SSSR count). The molecule has 0 fully saturated rings. The van der Waals surface area contributed by atoms with E-state index < -0.39 is 0 Å². The lowest BCUT2D eigenvalue weighted by Crippen LogP contribution is -2.32. The molecule has 0 unspecified atom stereocenters. The minimum atomic E-state index is -0.0221. The van der Waals surface area contributed by atoms with Crippen LogP contribution in [0.25, 0.3) is 0 Å². The Balaban J connectivity index is 2.13. The second-order valence-electron chi connectivity index (χ2n) is 4.24. The van der Waals surface area contributed by atoms with Crippen LogP contribution in [0.2, 0.25) is 0 Å². The minimum Gasteiger partial charge on any atom is -0.492 e. The smallest absolute Gasteiger partial charge is 0.230 e. The van der Waals surface area contributed by atoms with E-state index in [1.165, 1.54) is 11.8 Å². The summed E-state index contributed by atoms with van der Waals surface area (Å²) >= 11 is 6.68. The summed E-state index contributed by atoms with van der Waals surface area (Å²) in [5, 5.41) is 2.82. The first kappa shape index (κ1) is 17.8. The summed E-state index contributed by atoms with van der Waals surface area (Å²) in [5.41, 5.74) is 0. The van der Waals surface area contributed by atoms with Crippen LogP contribution < -0.4 is 10.1 Å². The van der Waals surface area contributed by atoms with Crippen molar-refractivity contribution in [2.24, 2.45) is 0 Å². The average Bonchev–Trinajstić information content (AvgIpc) is 2.52. The molecule has 1 aromatic carbocycles. The zero-order valence-electron chi connectivity index (χ0n) is 12.5. The lowest BCUT2D eigenvalue weighted by molar-refractivity contribution is -0.118. The molecule has 1 aromatic rings. The zero-order chi connectivity index (χ0) is 15.5. The van der Waals surface area contributed by atoms with Gasteiger partial charge in [-0.25, -0.2) is 0 Å². The number of carbonyl (C=O) groups excluding carboxylic acids is 1. The normalized spacial score (nSPS) is 10.0. The van der Waals surface area contributed by atoms with Gasteiger partial charge >= 0.3 is 0 Å². The van der Waals surface area contributed by atoms with Crippen LogP contribution in [-0.2, 0) is 4.79 Å². The summed E-state index contributed by atoms with van der Waals surface area (Å²) in [6, 6.07) is 9.54. The van der Waals surface area contributed by atoms with E-state index in [-0.39, 0.29) is 5.91 Å². The number of nitrogens with zero attached hydrogens (tertiary/aromatic N) is 1. The Hall–Kier alpha value is -1.27. The van der Waals surface area contributed by atoms with Gasteiger partial charge in [0, 0.05) is 13.1 Å². The van der Waals surface area contributed by atoms with Crippen LogP contribution in [0.3, 0.4) is 0 Å². The molecule has 0 atom stereocenters. The molecule has 6 heteroatoms. The van der Waals surface area contributed by atoms with Gasteiger partial charge in [-0.05, 0) is 26.0 Å². The van der Waals surface area contributed by atoms with Crippen molar-refractivity contribution in [3.8, 4) is 5.75 Å². The third-order valence-electron chi connectivity index (χ3n) is 2.78. The standard InChI is InChI=1S/C15H22N2O2S2/c1-3-17(4-2)15(20)21-12-14(18)16-10-11-19-13-8-6-5-7-9-13/h5-9H,3-4,10-12H2,1-2H3,(H,16,18). The van der Waals surface area contributed by atoms with Gasteiger partial charge in [0.15, 0.2) is 0 Å². The van der Waals surface area contributed by atoms with Crippen molar-refractivity contribution >= 4 is 34.2 Å². The van der Waals surface area contributed by atoms with Crippen LogP contribution in [0.4, 0.5) is 0 Å². The third kappa shape index (κ3) is 7.34. The van der Waals surface area contributed by atoms with E-state index in [9.17, 15) is 4.79 Å². The highest BCUT2D eigenvalue weighted by atomic mass is 32.2. The number of benzene rings is 1. The number of hydrogen-bond acceptors (Lipinski definition) is 4. The number of thiocarbonyl (C=S) groups is 1. The monoisotopic (exact) mass is 326 g/mol. The molecule has 0 radical (unpaired) electrons. The fourth-order valence-corrected chi connectivity index (χ4v) is 2.86. The van der Waals surface area contributed by atoms with Crippen LogP contribution in [0.15, 0.2) is 30.3 Å². The largest absolute Gasteiger partial charge is 0.492 e. The Labute approximate surface area is 136 Å². The molecule has 0 aliphatic heterocycles. The van der Waals surface area contributed by atoms with Crippen molar-refractivity contribution in [3.63, 3.8) is 0 Å². The summed E-state index contributed by atoms with van der Waals surface area (Å²) in [6.45, 7) is 6.80. The zero-order valence-corrected chi connectivity index (χ0v) is 14.1. The van der Waals surface area contributed by atoms with Crippen LogP contribution in [-0.4, -0.2) is 47.1 Å². The van der Waals surface area contributed by atoms with Crippen molar-refractivity contribution in [2.75, 3.05) is 32.0 Å². The van der Waals surface area contributed by atoms with Gasteiger partial charge < -0.3 is 15.0 Å². The lowest BCUT2D eigenvalue weighted by Gasteiger charge is -2.20. The van der Waals surface area contributed by atoms with Crippen molar-refractivity contribution in [1.82, 2.24) is 10.2 Å². The summed E-state index contributed by atoms with van der Waals surface area (Å²) in [7, 11) is 0. The average molecular weight is 326 g/mol. The van der Waals surface area contributed by atoms with Gasteiger partial charge in [0.2, 0.25) is 5.91 Å². The fraction of sp³-hybridized carbons (Fsp3) is 0.467. The van der Waals surface area contributed by atoms with Crippen molar-refractivity contribution in [3.05, 3.63) is 30.3 Å². The second kappa shape index (κ2) is 10.5. The quantitative estimate of drug-likeness (QED) is 0.587. The van der Waals surface area contributed by atoms with E-state index >= 15 is 0 Å². The van der Waals surface area contributed by atoms with E-state index in [2.05, 4.69) is 24.1 Å². The van der Waals surface area contributed by atoms with Crippen LogP contribution in [0.1, 0.15) is 13.8 Å². The Morgan fingerprint density at radius 2 is 1.95 bits per heavy atom. The summed E-state index contributed by atoms with van der Waals surface area (Å²) < 4.78 is 6.27. The maximum Gasteiger partial charge on any atom is 0.230 e. The number of ether oxygens (including phenoxy) is 1. The van der Waals surface area contributed by atoms with E-state index in [1.54, 1.807) is 0 Å². The number of hydrogen-bond donors (Lipinski definition) is 1. The molecule has 0 heterocycles. The Morgan fingerprint density at radius 3 is 2.57 bits per heavy atom. The molecule has 0 aromatic heterocycles. The van der Waals surface area contributed by atoms with E-state index in [0.29, 0.717) is 18.9 Å². The summed E-state index contributed by atoms with van der Waals surface area (Å²) in [6.07, 6.45) is 0. The predicted molar refractivity (Wildman–Crippen MR) is 92.9 cm³/mol. The van der Waals surface area contributed by atoms with Gasteiger partial charge in [-0.1, -0.05) is 42.2 Å². The highest BCUT2D eigenvalue weighted by molar-refractivity contribution is 8.23. The molecule has 0 saturated carbocycles. The first-order chi connectivity index (χ1) is 10.2. The number of para-hydroxylation sites is 1. The van der Waals surface area contributed by atoms with Crippen molar-refractivity contribution in [2.45, 2.75) is 13.8 Å². The van der Waals surface area contributed by atoms with Gasteiger partial charge in [-0.3, -0.25) is 4.79 Å². The van der Waals surface area contributed by atoms with Crippen LogP contribution in [0.5, 0.6) is 5.75 Å². The second-order valence-corrected chi connectivity index (χ2v) is 5.85. The molecule has 116 valence electrons. The molecule has 0 bridgehead atoms. The highest BCUT2D eigenvalue weighted by Gasteiger charge is 2.08. The Kier molecular flexibility index (Phi) is 8.85. The fourth-order valence-electron chi connectivity index (χ4n) is 1.63. The van der Waals surface area contributed by atoms with Crippen LogP contribution >= 0.6 is 24.0 Å². The predicted octanol–water partition coefficient (Wildman–Crippen LogP) is 2.54. The molecule has 1 N–H and O–H groups in total. The molecule has 0 saturated heterocycles. The van der Waals surface area contributed by atoms with Gasteiger partial charge in [0.25, 0.3) is 0 Å². The SMILES string of the molecule is CCN(CC)C(=S)SCC(=O)NCCOc1ccccc1. The maximum atomic E-state index is 11.7. The number of nitrogens with one attached hydrogen (secondary N) is 1. The highest BCUT2D eigenvalue weighted by Crippen LogP contribution is 2.09. The third-order valence-corrected chi connectivity index (χ3v) is 4.31. The van der Waals surface area contributed by atoms with Gasteiger partial charge in [-0.2, -0.15) is 0 Å². The van der Waals surface area contributed by atoms with E-state index in [0.717, 1.165) is 23.2 Å². The van der Waals surface area contributed by atoms with Crippen LogP contribution in [0, 0.1) is 0 Å². The topological polar surface area (TPSA) is 41.6 Å². The number of thioether (sulfide) groups is 1. The Bertz CT molecular complexity index is 437. The lowest BCUT2D eigenvalue weighted by atomic mass is 10.3. The number of carbonyl (C=O) groups is 1. The number of amides is 1.